The van der Waals surface area contributed by atoms with Crippen LogP contribution in [0.5, 0.6) is 11.6 Å². The van der Waals surface area contributed by atoms with Crippen LogP contribution in [0.1, 0.15) is 30.5 Å². The first-order chi connectivity index (χ1) is 14.2. The van der Waals surface area contributed by atoms with Gasteiger partial charge in [0, 0.05) is 17.1 Å². The number of ether oxygens (including phenoxy) is 1. The van der Waals surface area contributed by atoms with Crippen LogP contribution in [0, 0.1) is 12.7 Å². The molecule has 3 rings (SSSR count). The molecule has 3 aromatic rings. The van der Waals surface area contributed by atoms with Crippen LogP contribution < -0.4 is 4.74 Å². The lowest BCUT2D eigenvalue weighted by molar-refractivity contribution is -0.136. The molecular formula is C22H22FNO5S. The molecular weight excluding hydrogens is 409 g/mol. The van der Waals surface area contributed by atoms with Gasteiger partial charge in [-0.1, -0.05) is 26.0 Å². The second-order valence-corrected chi connectivity index (χ2v) is 9.20. The van der Waals surface area contributed by atoms with Crippen molar-refractivity contribution in [2.24, 2.45) is 0 Å². The molecule has 6 nitrogen and oxygen atoms in total. The third kappa shape index (κ3) is 4.28. The number of carboxylic acid groups (broad SMARTS) is 1. The minimum absolute atomic E-state index is 0.0434. The van der Waals surface area contributed by atoms with Crippen LogP contribution in [0.3, 0.4) is 0 Å². The minimum Gasteiger partial charge on any atom is -0.481 e. The van der Waals surface area contributed by atoms with E-state index in [1.54, 1.807) is 26.0 Å². The van der Waals surface area contributed by atoms with Gasteiger partial charge in [0.05, 0.1) is 17.1 Å². The lowest BCUT2D eigenvalue weighted by Crippen LogP contribution is -2.07. The molecule has 158 valence electrons. The molecule has 0 aliphatic carbocycles. The molecule has 0 amide bonds. The summed E-state index contributed by atoms with van der Waals surface area (Å²) in [5.74, 6) is -0.985. The number of benzene rings is 2. The third-order valence-corrected chi connectivity index (χ3v) is 6.67. The summed E-state index contributed by atoms with van der Waals surface area (Å²) in [6, 6.07) is 7.42. The first-order valence-electron chi connectivity index (χ1n) is 9.49. The van der Waals surface area contributed by atoms with Crippen LogP contribution in [0.25, 0.3) is 10.8 Å². The average Bonchev–Trinajstić information content (AvgIpc) is 2.71. The maximum absolute atomic E-state index is 13.9. The van der Waals surface area contributed by atoms with E-state index in [1.807, 2.05) is 6.92 Å². The van der Waals surface area contributed by atoms with Gasteiger partial charge in [-0.25, -0.2) is 17.8 Å². The van der Waals surface area contributed by atoms with Crippen LogP contribution in [0.4, 0.5) is 4.39 Å². The summed E-state index contributed by atoms with van der Waals surface area (Å²) in [6.45, 7) is 5.11. The van der Waals surface area contributed by atoms with Gasteiger partial charge in [0.2, 0.25) is 5.88 Å². The number of hydrogen-bond acceptors (Lipinski definition) is 5. The average molecular weight is 431 g/mol. The summed E-state index contributed by atoms with van der Waals surface area (Å²) in [6.07, 6.45) is 1.50. The van der Waals surface area contributed by atoms with Gasteiger partial charge >= 0.3 is 5.97 Å². The Hall–Kier alpha value is -3.00. The summed E-state index contributed by atoms with van der Waals surface area (Å²) in [5.41, 5.74) is 1.68. The van der Waals surface area contributed by atoms with Crippen molar-refractivity contribution in [1.82, 2.24) is 4.98 Å². The van der Waals surface area contributed by atoms with Gasteiger partial charge in [-0.05, 0) is 48.1 Å². The first kappa shape index (κ1) is 21.7. The van der Waals surface area contributed by atoms with Gasteiger partial charge in [-0.3, -0.25) is 4.79 Å². The summed E-state index contributed by atoms with van der Waals surface area (Å²) in [4.78, 5) is 15.6. The fourth-order valence-electron chi connectivity index (χ4n) is 3.23. The number of sulfone groups is 1. The Morgan fingerprint density at radius 1 is 1.17 bits per heavy atom. The van der Waals surface area contributed by atoms with Crippen molar-refractivity contribution in [3.05, 3.63) is 59.0 Å². The molecule has 0 saturated carbocycles. The zero-order chi connectivity index (χ0) is 22.1. The van der Waals surface area contributed by atoms with Gasteiger partial charge in [0.25, 0.3) is 0 Å². The van der Waals surface area contributed by atoms with Crippen molar-refractivity contribution in [3.8, 4) is 11.6 Å². The number of hydrogen-bond donors (Lipinski definition) is 1. The standard InChI is InChI=1S/C22H22FNO5S/c1-4-14-9-18(30(27,28)5-2)12-24-22(14)29-21-13(3)16(10-20(25)26)8-15-6-7-17(23)11-19(15)21/h6-9,11-12H,4-5,10H2,1-3H3,(H,25,26). The molecule has 0 bridgehead atoms. The molecule has 2 aromatic carbocycles. The molecule has 0 spiro atoms. The van der Waals surface area contributed by atoms with Crippen molar-refractivity contribution in [1.29, 1.82) is 0 Å². The van der Waals surface area contributed by atoms with E-state index in [1.165, 1.54) is 24.4 Å². The van der Waals surface area contributed by atoms with E-state index in [0.717, 1.165) is 0 Å². The Morgan fingerprint density at radius 3 is 2.53 bits per heavy atom. The van der Waals surface area contributed by atoms with Crippen molar-refractivity contribution < 1.29 is 27.4 Å². The zero-order valence-corrected chi connectivity index (χ0v) is 17.7. The number of aryl methyl sites for hydroxylation is 1. The molecule has 1 aromatic heterocycles. The van der Waals surface area contributed by atoms with E-state index < -0.39 is 21.6 Å². The monoisotopic (exact) mass is 431 g/mol. The lowest BCUT2D eigenvalue weighted by Gasteiger charge is -2.17. The number of aliphatic carboxylic acids is 1. The second kappa shape index (κ2) is 8.39. The second-order valence-electron chi connectivity index (χ2n) is 6.92. The van der Waals surface area contributed by atoms with Crippen molar-refractivity contribution in [2.45, 2.75) is 38.5 Å². The molecule has 0 aliphatic rings. The lowest BCUT2D eigenvalue weighted by atomic mass is 9.98. The highest BCUT2D eigenvalue weighted by atomic mass is 32.2. The SMILES string of the molecule is CCc1cc(S(=O)(=O)CC)cnc1Oc1c(C)c(CC(=O)O)cc2ccc(F)cc12. The number of rotatable bonds is 7. The minimum atomic E-state index is -3.42. The first-order valence-corrected chi connectivity index (χ1v) is 11.1. The van der Waals surface area contributed by atoms with Gasteiger partial charge in [0.1, 0.15) is 11.6 Å². The fraction of sp³-hybridized carbons (Fsp3) is 0.273. The molecule has 30 heavy (non-hydrogen) atoms. The molecule has 8 heteroatoms. The highest BCUT2D eigenvalue weighted by Gasteiger charge is 2.19. The molecule has 0 saturated heterocycles. The molecule has 1 N–H and O–H groups in total. The Bertz CT molecular complexity index is 1240. The van der Waals surface area contributed by atoms with E-state index in [0.29, 0.717) is 39.6 Å². The molecule has 0 atom stereocenters. The molecule has 0 aliphatic heterocycles. The number of nitrogens with zero attached hydrogens (tertiary/aromatic N) is 1. The zero-order valence-electron chi connectivity index (χ0n) is 16.9. The summed E-state index contributed by atoms with van der Waals surface area (Å²) >= 11 is 0. The van der Waals surface area contributed by atoms with E-state index >= 15 is 0 Å². The van der Waals surface area contributed by atoms with E-state index in [-0.39, 0.29) is 22.9 Å². The predicted octanol–water partition coefficient (Wildman–Crippen LogP) is 4.46. The maximum Gasteiger partial charge on any atom is 0.307 e. The number of halogens is 1. The Morgan fingerprint density at radius 2 is 1.90 bits per heavy atom. The number of pyridine rings is 1. The topological polar surface area (TPSA) is 93.6 Å². The van der Waals surface area contributed by atoms with Crippen molar-refractivity contribution in [2.75, 3.05) is 5.75 Å². The van der Waals surface area contributed by atoms with Crippen LogP contribution in [0.2, 0.25) is 0 Å². The maximum atomic E-state index is 13.9. The molecule has 0 fully saturated rings. The number of carbonyl (C=O) groups is 1. The van der Waals surface area contributed by atoms with Crippen LogP contribution in [-0.2, 0) is 27.5 Å². The third-order valence-electron chi connectivity index (χ3n) is 4.97. The normalized spacial score (nSPS) is 11.6. The highest BCUT2D eigenvalue weighted by molar-refractivity contribution is 7.91. The molecule has 1 heterocycles. The van der Waals surface area contributed by atoms with Crippen molar-refractivity contribution in [3.63, 3.8) is 0 Å². The summed E-state index contributed by atoms with van der Waals surface area (Å²) in [7, 11) is -3.42. The predicted molar refractivity (Wildman–Crippen MR) is 111 cm³/mol. The van der Waals surface area contributed by atoms with Gasteiger partial charge in [-0.2, -0.15) is 0 Å². The number of fused-ring (bicyclic) bond motifs is 1. The Balaban J connectivity index is 2.18. The molecule has 0 radical (unpaired) electrons. The number of aromatic nitrogens is 1. The Labute approximate surface area is 174 Å². The van der Waals surface area contributed by atoms with E-state index in [9.17, 15) is 22.7 Å². The van der Waals surface area contributed by atoms with Crippen LogP contribution >= 0.6 is 0 Å². The molecule has 0 unspecified atom stereocenters. The number of carboxylic acids is 1. The summed E-state index contributed by atoms with van der Waals surface area (Å²) in [5, 5.41) is 10.3. The van der Waals surface area contributed by atoms with Crippen LogP contribution in [-0.4, -0.2) is 30.2 Å². The van der Waals surface area contributed by atoms with Gasteiger partial charge < -0.3 is 9.84 Å². The van der Waals surface area contributed by atoms with Gasteiger partial charge in [0.15, 0.2) is 9.84 Å². The largest absolute Gasteiger partial charge is 0.481 e. The van der Waals surface area contributed by atoms with E-state index in [4.69, 9.17) is 4.74 Å². The van der Waals surface area contributed by atoms with Crippen LogP contribution in [0.15, 0.2) is 41.4 Å². The van der Waals surface area contributed by atoms with E-state index in [2.05, 4.69) is 4.98 Å². The Kier molecular flexibility index (Phi) is 6.07. The fourth-order valence-corrected chi connectivity index (χ4v) is 4.10. The summed E-state index contributed by atoms with van der Waals surface area (Å²) < 4.78 is 44.3. The quantitative estimate of drug-likeness (QED) is 0.594. The smallest absolute Gasteiger partial charge is 0.307 e. The van der Waals surface area contributed by atoms with Gasteiger partial charge in [-0.15, -0.1) is 0 Å². The van der Waals surface area contributed by atoms with Crippen molar-refractivity contribution >= 4 is 26.6 Å². The highest BCUT2D eigenvalue weighted by Crippen LogP contribution is 2.37.